The zero-order chi connectivity index (χ0) is 16.7. The van der Waals surface area contributed by atoms with Crippen LogP contribution in [0.2, 0.25) is 0 Å². The number of hydrogen-bond donors (Lipinski definition) is 0. The lowest BCUT2D eigenvalue weighted by Gasteiger charge is -2.20. The lowest BCUT2D eigenvalue weighted by Crippen LogP contribution is -2.17. The highest BCUT2D eigenvalue weighted by Crippen LogP contribution is 2.30. The Labute approximate surface area is 136 Å². The van der Waals surface area contributed by atoms with Crippen LogP contribution in [0.4, 0.5) is 0 Å². The smallest absolute Gasteiger partial charge is 0.313 e. The van der Waals surface area contributed by atoms with Crippen molar-refractivity contribution < 1.29 is 9.53 Å². The Balaban J connectivity index is 3.23. The molecule has 0 N–H and O–H groups in total. The number of carbonyl (C=O) groups is 1. The van der Waals surface area contributed by atoms with Gasteiger partial charge in [0, 0.05) is 0 Å². The Morgan fingerprint density at radius 2 is 1.45 bits per heavy atom. The van der Waals surface area contributed by atoms with Gasteiger partial charge < -0.3 is 4.74 Å². The highest BCUT2D eigenvalue weighted by atomic mass is 16.5. The van der Waals surface area contributed by atoms with Gasteiger partial charge >= 0.3 is 5.97 Å². The maximum Gasteiger partial charge on any atom is 0.313 e. The summed E-state index contributed by atoms with van der Waals surface area (Å²) in [5.41, 5.74) is 3.75. The molecular weight excluding hydrogens is 272 g/mol. The van der Waals surface area contributed by atoms with E-state index < -0.39 is 0 Å². The molecule has 22 heavy (non-hydrogen) atoms. The largest absolute Gasteiger partial charge is 0.466 e. The summed E-state index contributed by atoms with van der Waals surface area (Å²) in [6, 6.07) is 6.68. The van der Waals surface area contributed by atoms with Gasteiger partial charge in [0.2, 0.25) is 0 Å². The fraction of sp³-hybridized carbons (Fsp3) is 0.650. The van der Waals surface area contributed by atoms with Crippen molar-refractivity contribution in [1.29, 1.82) is 0 Å². The molecule has 1 rings (SSSR count). The minimum Gasteiger partial charge on any atom is -0.466 e. The molecule has 0 saturated carbocycles. The highest BCUT2D eigenvalue weighted by molar-refractivity contribution is 5.78. The van der Waals surface area contributed by atoms with Crippen molar-refractivity contribution in [2.24, 2.45) is 0 Å². The third-order valence-electron chi connectivity index (χ3n) is 4.15. The van der Waals surface area contributed by atoms with E-state index in [0.717, 1.165) is 24.8 Å². The fourth-order valence-corrected chi connectivity index (χ4v) is 2.64. The molecule has 1 atom stereocenters. The van der Waals surface area contributed by atoms with Crippen LogP contribution in [0.15, 0.2) is 18.2 Å². The van der Waals surface area contributed by atoms with E-state index in [9.17, 15) is 4.79 Å². The molecule has 0 amide bonds. The van der Waals surface area contributed by atoms with Crippen molar-refractivity contribution in [1.82, 2.24) is 0 Å². The van der Waals surface area contributed by atoms with Gasteiger partial charge in [-0.05, 0) is 41.9 Å². The van der Waals surface area contributed by atoms with Crippen molar-refractivity contribution in [2.45, 2.75) is 78.6 Å². The normalized spacial score (nSPS) is 12.7. The summed E-state index contributed by atoms with van der Waals surface area (Å²) in [6.45, 7) is 13.3. The van der Waals surface area contributed by atoms with Crippen molar-refractivity contribution >= 4 is 5.97 Å². The maximum absolute atomic E-state index is 12.4. The second-order valence-corrected chi connectivity index (χ2v) is 6.69. The van der Waals surface area contributed by atoms with Crippen LogP contribution in [0.1, 0.15) is 95.2 Å². The maximum atomic E-state index is 12.4. The first-order valence-corrected chi connectivity index (χ1v) is 8.72. The summed E-state index contributed by atoms with van der Waals surface area (Å²) in [5, 5.41) is 0. The lowest BCUT2D eigenvalue weighted by molar-refractivity contribution is -0.145. The van der Waals surface area contributed by atoms with Gasteiger partial charge in [-0.1, -0.05) is 65.7 Å². The van der Waals surface area contributed by atoms with E-state index in [4.69, 9.17) is 4.74 Å². The van der Waals surface area contributed by atoms with Crippen molar-refractivity contribution in [2.75, 3.05) is 6.61 Å². The van der Waals surface area contributed by atoms with Gasteiger partial charge in [-0.3, -0.25) is 4.79 Å². The molecule has 0 spiro atoms. The number of benzene rings is 1. The molecule has 0 aliphatic rings. The van der Waals surface area contributed by atoms with E-state index in [1.807, 2.05) is 6.92 Å². The van der Waals surface area contributed by atoms with E-state index in [1.54, 1.807) is 0 Å². The van der Waals surface area contributed by atoms with Crippen molar-refractivity contribution in [3.63, 3.8) is 0 Å². The van der Waals surface area contributed by atoms with Crippen LogP contribution in [0.5, 0.6) is 0 Å². The van der Waals surface area contributed by atoms with Crippen LogP contribution in [-0.2, 0) is 9.53 Å². The number of carbonyl (C=O) groups excluding carboxylic acids is 1. The topological polar surface area (TPSA) is 26.3 Å². The van der Waals surface area contributed by atoms with E-state index in [0.29, 0.717) is 18.4 Å². The summed E-state index contributed by atoms with van der Waals surface area (Å²) in [5.74, 6) is 0.723. The van der Waals surface area contributed by atoms with E-state index in [1.165, 1.54) is 11.1 Å². The summed E-state index contributed by atoms with van der Waals surface area (Å²) in [4.78, 5) is 12.4. The first kappa shape index (κ1) is 18.7. The Morgan fingerprint density at radius 3 is 1.86 bits per heavy atom. The molecule has 0 radical (unpaired) electrons. The van der Waals surface area contributed by atoms with Crippen LogP contribution in [-0.4, -0.2) is 12.6 Å². The van der Waals surface area contributed by atoms with Gasteiger partial charge in [0.1, 0.15) is 0 Å². The molecule has 1 unspecified atom stereocenters. The molecule has 1 aromatic rings. The van der Waals surface area contributed by atoms with Crippen LogP contribution >= 0.6 is 0 Å². The standard InChI is InChI=1S/C20H32O2/c1-7-9-10-19(20(21)22-8-2)18-12-16(14(3)4)11-17(13-18)15(5)6/h11-15,19H,7-10H2,1-6H3. The Bertz CT molecular complexity index is 448. The Kier molecular flexibility index (Phi) is 7.64. The highest BCUT2D eigenvalue weighted by Gasteiger charge is 2.23. The van der Waals surface area contributed by atoms with Crippen LogP contribution in [0.25, 0.3) is 0 Å². The average Bonchev–Trinajstić information content (AvgIpc) is 2.47. The second-order valence-electron chi connectivity index (χ2n) is 6.69. The average molecular weight is 304 g/mol. The molecule has 2 heteroatoms. The molecule has 1 aromatic carbocycles. The predicted octanol–water partition coefficient (Wildman–Crippen LogP) is 5.77. The van der Waals surface area contributed by atoms with Crippen molar-refractivity contribution in [3.8, 4) is 0 Å². The second kappa shape index (κ2) is 8.97. The van der Waals surface area contributed by atoms with Crippen LogP contribution < -0.4 is 0 Å². The molecule has 124 valence electrons. The SMILES string of the molecule is CCCCC(C(=O)OCC)c1cc(C(C)C)cc(C(C)C)c1. The Morgan fingerprint density at radius 1 is 0.955 bits per heavy atom. The van der Waals surface area contributed by atoms with E-state index >= 15 is 0 Å². The van der Waals surface area contributed by atoms with Gasteiger partial charge in [-0.2, -0.15) is 0 Å². The van der Waals surface area contributed by atoms with Gasteiger partial charge in [-0.15, -0.1) is 0 Å². The number of rotatable bonds is 8. The predicted molar refractivity (Wildman–Crippen MR) is 93.5 cm³/mol. The molecule has 0 aliphatic heterocycles. The summed E-state index contributed by atoms with van der Waals surface area (Å²) < 4.78 is 5.32. The molecule has 0 fully saturated rings. The van der Waals surface area contributed by atoms with Gasteiger partial charge in [0.05, 0.1) is 12.5 Å². The Hall–Kier alpha value is -1.31. The minimum absolute atomic E-state index is 0.0773. The van der Waals surface area contributed by atoms with Gasteiger partial charge in [0.25, 0.3) is 0 Å². The zero-order valence-electron chi connectivity index (χ0n) is 15.1. The summed E-state index contributed by atoms with van der Waals surface area (Å²) >= 11 is 0. The van der Waals surface area contributed by atoms with E-state index in [-0.39, 0.29) is 11.9 Å². The minimum atomic E-state index is -0.129. The van der Waals surface area contributed by atoms with Crippen LogP contribution in [0.3, 0.4) is 0 Å². The number of hydrogen-bond acceptors (Lipinski definition) is 2. The third kappa shape index (κ3) is 5.15. The van der Waals surface area contributed by atoms with E-state index in [2.05, 4.69) is 52.8 Å². The number of ether oxygens (including phenoxy) is 1. The van der Waals surface area contributed by atoms with Crippen LogP contribution in [0, 0.1) is 0 Å². The molecular formula is C20H32O2. The molecule has 0 aliphatic carbocycles. The van der Waals surface area contributed by atoms with Gasteiger partial charge in [0.15, 0.2) is 0 Å². The monoisotopic (exact) mass is 304 g/mol. The molecule has 0 heterocycles. The zero-order valence-corrected chi connectivity index (χ0v) is 15.1. The first-order chi connectivity index (χ1) is 10.4. The molecule has 0 saturated heterocycles. The molecule has 0 aromatic heterocycles. The van der Waals surface area contributed by atoms with Crippen molar-refractivity contribution in [3.05, 3.63) is 34.9 Å². The first-order valence-electron chi connectivity index (χ1n) is 8.72. The van der Waals surface area contributed by atoms with Gasteiger partial charge in [-0.25, -0.2) is 0 Å². The third-order valence-corrected chi connectivity index (χ3v) is 4.15. The molecule has 2 nitrogen and oxygen atoms in total. The lowest BCUT2D eigenvalue weighted by atomic mass is 9.86. The fourth-order valence-electron chi connectivity index (χ4n) is 2.64. The number of unbranched alkanes of at least 4 members (excludes halogenated alkanes) is 1. The summed E-state index contributed by atoms with van der Waals surface area (Å²) in [6.07, 6.45) is 3.01. The summed E-state index contributed by atoms with van der Waals surface area (Å²) in [7, 11) is 0. The molecule has 0 bridgehead atoms. The quantitative estimate of drug-likeness (QED) is 0.570. The number of esters is 1.